The first kappa shape index (κ1) is 13.6. The van der Waals surface area contributed by atoms with Crippen LogP contribution >= 0.6 is 0 Å². The SMILES string of the molecule is CCc1cccc(C2(O)CCCC(C)(C)CC2)c1. The summed E-state index contributed by atoms with van der Waals surface area (Å²) in [5.41, 5.74) is 2.23. The Morgan fingerprint density at radius 3 is 2.61 bits per heavy atom. The van der Waals surface area contributed by atoms with Gasteiger partial charge in [0.25, 0.3) is 0 Å². The zero-order valence-electron chi connectivity index (χ0n) is 12.0. The maximum absolute atomic E-state index is 11.0. The Morgan fingerprint density at radius 1 is 1.11 bits per heavy atom. The molecule has 0 aliphatic heterocycles. The lowest BCUT2D eigenvalue weighted by molar-refractivity contribution is 0.0180. The van der Waals surface area contributed by atoms with Gasteiger partial charge in [0.2, 0.25) is 0 Å². The summed E-state index contributed by atoms with van der Waals surface area (Å²) in [6, 6.07) is 8.52. The van der Waals surface area contributed by atoms with Crippen LogP contribution in [0.25, 0.3) is 0 Å². The molecular weight excluding hydrogens is 220 g/mol. The van der Waals surface area contributed by atoms with Gasteiger partial charge in [-0.2, -0.15) is 0 Å². The van der Waals surface area contributed by atoms with Crippen molar-refractivity contribution in [2.45, 2.75) is 64.9 Å². The third-order valence-electron chi connectivity index (χ3n) is 4.53. The summed E-state index contributed by atoms with van der Waals surface area (Å²) in [4.78, 5) is 0. The van der Waals surface area contributed by atoms with Crippen molar-refractivity contribution in [2.75, 3.05) is 0 Å². The van der Waals surface area contributed by atoms with E-state index in [1.54, 1.807) is 0 Å². The van der Waals surface area contributed by atoms with Crippen LogP contribution in [-0.2, 0) is 12.0 Å². The van der Waals surface area contributed by atoms with Crippen molar-refractivity contribution in [3.8, 4) is 0 Å². The standard InChI is InChI=1S/C17H26O/c1-4-14-7-5-8-15(13-14)17(18)10-6-9-16(2,3)11-12-17/h5,7-8,13,18H,4,6,9-12H2,1-3H3. The Labute approximate surface area is 111 Å². The molecule has 1 fully saturated rings. The number of benzene rings is 1. The summed E-state index contributed by atoms with van der Waals surface area (Å²) in [5.74, 6) is 0. The second-order valence-electron chi connectivity index (χ2n) is 6.60. The van der Waals surface area contributed by atoms with Crippen LogP contribution in [0.3, 0.4) is 0 Å². The molecule has 100 valence electrons. The first-order valence-corrected chi connectivity index (χ1v) is 7.27. The quantitative estimate of drug-likeness (QED) is 0.765. The van der Waals surface area contributed by atoms with E-state index >= 15 is 0 Å². The van der Waals surface area contributed by atoms with Crippen LogP contribution in [0.5, 0.6) is 0 Å². The molecule has 1 unspecified atom stereocenters. The second-order valence-corrected chi connectivity index (χ2v) is 6.60. The van der Waals surface area contributed by atoms with E-state index in [4.69, 9.17) is 0 Å². The Morgan fingerprint density at radius 2 is 1.89 bits per heavy atom. The number of hydrogen-bond donors (Lipinski definition) is 1. The van der Waals surface area contributed by atoms with Crippen molar-refractivity contribution in [2.24, 2.45) is 5.41 Å². The summed E-state index contributed by atoms with van der Waals surface area (Å²) >= 11 is 0. The molecule has 0 spiro atoms. The predicted molar refractivity (Wildman–Crippen MR) is 76.6 cm³/mol. The fraction of sp³-hybridized carbons (Fsp3) is 0.647. The van der Waals surface area contributed by atoms with E-state index in [0.717, 1.165) is 37.7 Å². The van der Waals surface area contributed by atoms with E-state index < -0.39 is 5.60 Å². The topological polar surface area (TPSA) is 20.2 Å². The van der Waals surface area contributed by atoms with Gasteiger partial charge in [0, 0.05) is 0 Å². The molecule has 18 heavy (non-hydrogen) atoms. The number of aliphatic hydroxyl groups is 1. The number of aryl methyl sites for hydroxylation is 1. The van der Waals surface area contributed by atoms with Gasteiger partial charge in [-0.3, -0.25) is 0 Å². The average molecular weight is 246 g/mol. The third kappa shape index (κ3) is 2.95. The second kappa shape index (κ2) is 5.05. The largest absolute Gasteiger partial charge is 0.385 e. The molecule has 0 radical (unpaired) electrons. The molecule has 0 bridgehead atoms. The minimum absolute atomic E-state index is 0.382. The van der Waals surface area contributed by atoms with Gasteiger partial charge in [-0.15, -0.1) is 0 Å². The highest BCUT2D eigenvalue weighted by atomic mass is 16.3. The zero-order valence-corrected chi connectivity index (χ0v) is 12.0. The highest BCUT2D eigenvalue weighted by molar-refractivity contribution is 5.28. The first-order chi connectivity index (χ1) is 8.45. The average Bonchev–Trinajstić information content (AvgIpc) is 2.50. The molecule has 1 N–H and O–H groups in total. The maximum atomic E-state index is 11.0. The van der Waals surface area contributed by atoms with Crippen LogP contribution in [0.4, 0.5) is 0 Å². The summed E-state index contributed by atoms with van der Waals surface area (Å²) < 4.78 is 0. The fourth-order valence-electron chi connectivity index (χ4n) is 3.02. The molecule has 1 heteroatoms. The summed E-state index contributed by atoms with van der Waals surface area (Å²) in [7, 11) is 0. The van der Waals surface area contributed by atoms with Crippen molar-refractivity contribution >= 4 is 0 Å². The highest BCUT2D eigenvalue weighted by Gasteiger charge is 2.35. The van der Waals surface area contributed by atoms with Gasteiger partial charge in [0.05, 0.1) is 5.60 Å². The zero-order chi connectivity index (χ0) is 13.2. The molecule has 1 atom stereocenters. The molecule has 1 aliphatic rings. The van der Waals surface area contributed by atoms with E-state index in [2.05, 4.69) is 45.0 Å². The number of hydrogen-bond acceptors (Lipinski definition) is 1. The van der Waals surface area contributed by atoms with Crippen molar-refractivity contribution in [3.05, 3.63) is 35.4 Å². The molecule has 2 rings (SSSR count). The molecular formula is C17H26O. The summed E-state index contributed by atoms with van der Waals surface area (Å²) in [6.07, 6.45) is 6.30. The summed E-state index contributed by atoms with van der Waals surface area (Å²) in [5, 5.41) is 11.0. The van der Waals surface area contributed by atoms with E-state index in [1.165, 1.54) is 12.0 Å². The maximum Gasteiger partial charge on any atom is 0.0896 e. The molecule has 0 heterocycles. The van der Waals surface area contributed by atoms with Crippen molar-refractivity contribution in [3.63, 3.8) is 0 Å². The fourth-order valence-corrected chi connectivity index (χ4v) is 3.02. The van der Waals surface area contributed by atoms with Crippen molar-refractivity contribution in [1.82, 2.24) is 0 Å². The molecule has 1 nitrogen and oxygen atoms in total. The molecule has 1 aliphatic carbocycles. The molecule has 0 saturated heterocycles. The molecule has 1 aromatic rings. The van der Waals surface area contributed by atoms with Crippen LogP contribution in [0.15, 0.2) is 24.3 Å². The minimum atomic E-state index is -0.598. The molecule has 1 aromatic carbocycles. The smallest absolute Gasteiger partial charge is 0.0896 e. The van der Waals surface area contributed by atoms with Crippen LogP contribution in [0.1, 0.15) is 64.0 Å². The van der Waals surface area contributed by atoms with E-state index in [-0.39, 0.29) is 0 Å². The van der Waals surface area contributed by atoms with Gasteiger partial charge in [0.1, 0.15) is 0 Å². The van der Waals surface area contributed by atoms with Gasteiger partial charge < -0.3 is 5.11 Å². The highest BCUT2D eigenvalue weighted by Crippen LogP contribution is 2.42. The Kier molecular flexibility index (Phi) is 3.82. The van der Waals surface area contributed by atoms with Gasteiger partial charge >= 0.3 is 0 Å². The summed E-state index contributed by atoms with van der Waals surface area (Å²) in [6.45, 7) is 6.81. The Bertz CT molecular complexity index is 408. The third-order valence-corrected chi connectivity index (χ3v) is 4.53. The van der Waals surface area contributed by atoms with Gasteiger partial charge in [-0.1, -0.05) is 45.0 Å². The Balaban J connectivity index is 2.24. The van der Waals surface area contributed by atoms with Gasteiger partial charge in [-0.05, 0) is 55.1 Å². The van der Waals surface area contributed by atoms with Crippen LogP contribution < -0.4 is 0 Å². The van der Waals surface area contributed by atoms with Crippen molar-refractivity contribution in [1.29, 1.82) is 0 Å². The molecule has 1 saturated carbocycles. The van der Waals surface area contributed by atoms with E-state index in [0.29, 0.717) is 5.41 Å². The molecule has 0 amide bonds. The van der Waals surface area contributed by atoms with Crippen LogP contribution in [0.2, 0.25) is 0 Å². The van der Waals surface area contributed by atoms with E-state index in [1.807, 2.05) is 0 Å². The lowest BCUT2D eigenvalue weighted by Crippen LogP contribution is -2.25. The minimum Gasteiger partial charge on any atom is -0.385 e. The normalized spacial score (nSPS) is 27.8. The van der Waals surface area contributed by atoms with Crippen LogP contribution in [-0.4, -0.2) is 5.11 Å². The molecule has 0 aromatic heterocycles. The van der Waals surface area contributed by atoms with Crippen molar-refractivity contribution < 1.29 is 5.11 Å². The van der Waals surface area contributed by atoms with Crippen LogP contribution in [0, 0.1) is 5.41 Å². The van der Waals surface area contributed by atoms with Gasteiger partial charge in [-0.25, -0.2) is 0 Å². The number of rotatable bonds is 2. The predicted octanol–water partition coefficient (Wildman–Crippen LogP) is 4.43. The van der Waals surface area contributed by atoms with E-state index in [9.17, 15) is 5.11 Å². The first-order valence-electron chi connectivity index (χ1n) is 7.27. The lowest BCUT2D eigenvalue weighted by Gasteiger charge is -2.29. The monoisotopic (exact) mass is 246 g/mol. The van der Waals surface area contributed by atoms with Gasteiger partial charge in [0.15, 0.2) is 0 Å². The Hall–Kier alpha value is -0.820. The lowest BCUT2D eigenvalue weighted by atomic mass is 9.82.